The second kappa shape index (κ2) is 7.47. The molecule has 0 bridgehead atoms. The molecule has 1 aromatic carbocycles. The normalized spacial score (nSPS) is 24.6. The topological polar surface area (TPSA) is 58.6 Å². The van der Waals surface area contributed by atoms with Gasteiger partial charge in [-0.3, -0.25) is 4.79 Å². The highest BCUT2D eigenvalue weighted by Gasteiger charge is 2.41. The average Bonchev–Trinajstić information content (AvgIpc) is 3.19. The molecule has 2 saturated carbocycles. The van der Waals surface area contributed by atoms with Crippen LogP contribution in [0.4, 0.5) is 4.79 Å². The Balaban J connectivity index is 1.39. The molecule has 0 aromatic heterocycles. The fourth-order valence-corrected chi connectivity index (χ4v) is 4.38. The van der Waals surface area contributed by atoms with Crippen molar-refractivity contribution in [2.45, 2.75) is 56.6 Å². The van der Waals surface area contributed by atoms with E-state index in [1.807, 2.05) is 24.3 Å². The Morgan fingerprint density at radius 2 is 1.88 bits per heavy atom. The van der Waals surface area contributed by atoms with Crippen LogP contribution in [0.5, 0.6) is 0 Å². The number of hydrogen-bond acceptors (Lipinski definition) is 3. The fraction of sp³-hybridized carbons (Fsp3) is 0.600. The van der Waals surface area contributed by atoms with Gasteiger partial charge in [0.2, 0.25) is 5.91 Å². The number of amides is 2. The van der Waals surface area contributed by atoms with E-state index in [1.165, 1.54) is 12.8 Å². The van der Waals surface area contributed by atoms with E-state index in [0.717, 1.165) is 31.2 Å². The summed E-state index contributed by atoms with van der Waals surface area (Å²) < 4.78 is 5.41. The Hall–Kier alpha value is -1.75. The summed E-state index contributed by atoms with van der Waals surface area (Å²) in [5.41, 5.74) is 1.02. The maximum Gasteiger partial charge on any atom is 0.410 e. The molecule has 2 aliphatic carbocycles. The van der Waals surface area contributed by atoms with Crippen molar-refractivity contribution in [3.8, 4) is 0 Å². The molecule has 1 aliphatic heterocycles. The molecule has 4 rings (SSSR count). The first kappa shape index (κ1) is 17.7. The first-order valence-corrected chi connectivity index (χ1v) is 10.00. The van der Waals surface area contributed by atoms with E-state index in [4.69, 9.17) is 16.3 Å². The quantitative estimate of drug-likeness (QED) is 0.823. The first-order valence-electron chi connectivity index (χ1n) is 9.62. The Labute approximate surface area is 159 Å². The number of carbonyl (C=O) groups excluding carboxylic acids is 2. The first-order chi connectivity index (χ1) is 12.6. The van der Waals surface area contributed by atoms with Crippen molar-refractivity contribution in [3.63, 3.8) is 0 Å². The molecule has 2 amide bonds. The van der Waals surface area contributed by atoms with Crippen LogP contribution >= 0.6 is 11.6 Å². The van der Waals surface area contributed by atoms with E-state index in [-0.39, 0.29) is 24.0 Å². The third-order valence-electron chi connectivity index (χ3n) is 5.78. The van der Waals surface area contributed by atoms with Gasteiger partial charge in [-0.2, -0.15) is 0 Å². The lowest BCUT2D eigenvalue weighted by molar-refractivity contribution is -0.124. The van der Waals surface area contributed by atoms with Gasteiger partial charge in [-0.15, -0.1) is 0 Å². The van der Waals surface area contributed by atoms with Crippen molar-refractivity contribution in [3.05, 3.63) is 34.9 Å². The second-order valence-electron chi connectivity index (χ2n) is 7.71. The lowest BCUT2D eigenvalue weighted by Gasteiger charge is -2.24. The smallest absolute Gasteiger partial charge is 0.410 e. The van der Waals surface area contributed by atoms with Crippen molar-refractivity contribution in [2.24, 2.45) is 5.92 Å². The zero-order chi connectivity index (χ0) is 18.1. The summed E-state index contributed by atoms with van der Waals surface area (Å²) in [6, 6.07) is 7.95. The molecule has 5 nitrogen and oxygen atoms in total. The number of cyclic esters (lactones) is 1. The van der Waals surface area contributed by atoms with Crippen molar-refractivity contribution in [1.29, 1.82) is 0 Å². The van der Waals surface area contributed by atoms with E-state index in [9.17, 15) is 9.59 Å². The molecule has 1 aromatic rings. The molecule has 26 heavy (non-hydrogen) atoms. The number of benzene rings is 1. The lowest BCUT2D eigenvalue weighted by Crippen LogP contribution is -2.39. The number of nitrogens with one attached hydrogen (secondary N) is 1. The third-order valence-corrected chi connectivity index (χ3v) is 6.03. The summed E-state index contributed by atoms with van der Waals surface area (Å²) in [7, 11) is 0. The minimum atomic E-state index is -0.249. The van der Waals surface area contributed by atoms with Gasteiger partial charge in [-0.1, -0.05) is 36.6 Å². The van der Waals surface area contributed by atoms with E-state index in [0.29, 0.717) is 30.1 Å². The van der Waals surface area contributed by atoms with E-state index < -0.39 is 0 Å². The maximum absolute atomic E-state index is 13.0. The molecule has 1 heterocycles. The Kier molecular flexibility index (Phi) is 5.07. The summed E-state index contributed by atoms with van der Waals surface area (Å²) in [6.45, 7) is 0.962. The van der Waals surface area contributed by atoms with E-state index in [2.05, 4.69) is 5.32 Å². The maximum atomic E-state index is 13.0. The highest BCUT2D eigenvalue weighted by atomic mass is 35.5. The van der Waals surface area contributed by atoms with Crippen molar-refractivity contribution < 1.29 is 14.3 Å². The SMILES string of the molecule is O=C(NCC1CN(C2CC2)C(=O)O1)C(c1ccc(Cl)cc1)C1CCCC1. The van der Waals surface area contributed by atoms with Crippen LogP contribution in [0.2, 0.25) is 5.02 Å². The van der Waals surface area contributed by atoms with Crippen LogP contribution in [0.1, 0.15) is 50.0 Å². The molecule has 6 heteroatoms. The van der Waals surface area contributed by atoms with Gasteiger partial charge in [0.1, 0.15) is 6.10 Å². The Bertz CT molecular complexity index is 668. The minimum absolute atomic E-state index is 0.0279. The monoisotopic (exact) mass is 376 g/mol. The third kappa shape index (κ3) is 3.83. The van der Waals surface area contributed by atoms with E-state index >= 15 is 0 Å². The molecule has 3 aliphatic rings. The molecule has 1 N–H and O–H groups in total. The number of halogens is 1. The Morgan fingerprint density at radius 1 is 1.19 bits per heavy atom. The number of carbonyl (C=O) groups is 2. The largest absolute Gasteiger partial charge is 0.442 e. The van der Waals surface area contributed by atoms with Gasteiger partial charge in [-0.25, -0.2) is 4.79 Å². The second-order valence-corrected chi connectivity index (χ2v) is 8.14. The average molecular weight is 377 g/mol. The number of rotatable bonds is 6. The predicted octanol–water partition coefficient (Wildman–Crippen LogP) is 3.71. The van der Waals surface area contributed by atoms with Crippen LogP contribution in [0.3, 0.4) is 0 Å². The molecule has 2 unspecified atom stereocenters. The van der Waals surface area contributed by atoms with Crippen molar-refractivity contribution in [1.82, 2.24) is 10.2 Å². The van der Waals surface area contributed by atoms with Gasteiger partial charge in [-0.05, 0) is 49.3 Å². The van der Waals surface area contributed by atoms with Crippen LogP contribution in [0.15, 0.2) is 24.3 Å². The number of ether oxygens (including phenoxy) is 1. The molecule has 0 spiro atoms. The van der Waals surface area contributed by atoms with Crippen LogP contribution in [-0.2, 0) is 9.53 Å². The molecule has 0 radical (unpaired) electrons. The van der Waals surface area contributed by atoms with Gasteiger partial charge in [0.25, 0.3) is 0 Å². The summed E-state index contributed by atoms with van der Waals surface area (Å²) in [5.74, 6) is 0.233. The molecule has 140 valence electrons. The van der Waals surface area contributed by atoms with Crippen molar-refractivity contribution in [2.75, 3.05) is 13.1 Å². The van der Waals surface area contributed by atoms with Crippen molar-refractivity contribution >= 4 is 23.6 Å². The van der Waals surface area contributed by atoms with Gasteiger partial charge in [0.05, 0.1) is 19.0 Å². The van der Waals surface area contributed by atoms with E-state index in [1.54, 1.807) is 4.90 Å². The zero-order valence-electron chi connectivity index (χ0n) is 14.8. The van der Waals surface area contributed by atoms with Crippen LogP contribution in [0, 0.1) is 5.92 Å². The van der Waals surface area contributed by atoms with Gasteiger partial charge in [0, 0.05) is 11.1 Å². The molecular formula is C20H25ClN2O3. The van der Waals surface area contributed by atoms with Crippen LogP contribution in [0.25, 0.3) is 0 Å². The minimum Gasteiger partial charge on any atom is -0.442 e. The molecule has 2 atom stereocenters. The molecule has 1 saturated heterocycles. The lowest BCUT2D eigenvalue weighted by atomic mass is 9.84. The number of nitrogens with zero attached hydrogens (tertiary/aromatic N) is 1. The summed E-state index contributed by atoms with van der Waals surface area (Å²) in [6.07, 6.45) is 6.15. The van der Waals surface area contributed by atoms with Crippen LogP contribution in [-0.4, -0.2) is 42.1 Å². The van der Waals surface area contributed by atoms with Gasteiger partial charge >= 0.3 is 6.09 Å². The number of hydrogen-bond donors (Lipinski definition) is 1. The Morgan fingerprint density at radius 3 is 2.54 bits per heavy atom. The zero-order valence-corrected chi connectivity index (χ0v) is 15.6. The summed E-state index contributed by atoms with van der Waals surface area (Å²) in [5, 5.41) is 3.72. The standard InChI is InChI=1S/C20H25ClN2O3/c21-15-7-5-14(6-8-15)18(13-3-1-2-4-13)19(24)22-11-17-12-23(16-9-10-16)20(25)26-17/h5-8,13,16-18H,1-4,9-12H2,(H,22,24). The van der Waals surface area contributed by atoms with Crippen LogP contribution < -0.4 is 5.32 Å². The summed E-state index contributed by atoms with van der Waals surface area (Å²) >= 11 is 6.01. The predicted molar refractivity (Wildman–Crippen MR) is 99.2 cm³/mol. The molecular weight excluding hydrogens is 352 g/mol. The van der Waals surface area contributed by atoms with Gasteiger partial charge in [0.15, 0.2) is 0 Å². The highest BCUT2D eigenvalue weighted by Crippen LogP contribution is 2.38. The highest BCUT2D eigenvalue weighted by molar-refractivity contribution is 6.30. The summed E-state index contributed by atoms with van der Waals surface area (Å²) in [4.78, 5) is 26.7. The molecule has 3 fully saturated rings. The fourth-order valence-electron chi connectivity index (χ4n) is 4.25. The van der Waals surface area contributed by atoms with Gasteiger partial charge < -0.3 is 15.0 Å².